The van der Waals surface area contributed by atoms with E-state index in [-0.39, 0.29) is 5.91 Å². The van der Waals surface area contributed by atoms with Crippen molar-refractivity contribution in [2.24, 2.45) is 0 Å². The summed E-state index contributed by atoms with van der Waals surface area (Å²) >= 11 is 1.26. The molecule has 2 rings (SSSR count). The Morgan fingerprint density at radius 2 is 1.95 bits per heavy atom. The Morgan fingerprint density at radius 1 is 1.19 bits per heavy atom. The monoisotopic (exact) mass is 309 g/mol. The maximum Gasteiger partial charge on any atom is 0.257 e. The predicted molar refractivity (Wildman–Crippen MR) is 78.1 cm³/mol. The van der Waals surface area contributed by atoms with Crippen molar-refractivity contribution in [1.29, 1.82) is 0 Å². The summed E-state index contributed by atoms with van der Waals surface area (Å²) in [7, 11) is 4.63. The molecular formula is C13H15N3O4S. The fraction of sp³-hybridized carbons (Fsp3) is 0.308. The molecule has 112 valence electrons. The summed E-state index contributed by atoms with van der Waals surface area (Å²) in [5.74, 6) is 0.755. The molecule has 0 unspecified atom stereocenters. The highest BCUT2D eigenvalue weighted by molar-refractivity contribution is 7.15. The highest BCUT2D eigenvalue weighted by Gasteiger charge is 2.13. The molecule has 1 aromatic heterocycles. The number of ether oxygens (including phenoxy) is 3. The van der Waals surface area contributed by atoms with Gasteiger partial charge in [-0.1, -0.05) is 11.3 Å². The van der Waals surface area contributed by atoms with Crippen LogP contribution in [0.3, 0.4) is 0 Å². The standard InChI is InChI=1S/C13H15N3O4S/c1-18-7-11-15-16-13(21-11)14-12(17)8-4-5-9(19-2)10(6-8)20-3/h4-6H,7H2,1-3H3,(H,14,16,17). The number of methoxy groups -OCH3 is 3. The first-order valence-corrected chi connectivity index (χ1v) is 6.84. The zero-order valence-corrected chi connectivity index (χ0v) is 12.7. The van der Waals surface area contributed by atoms with E-state index in [4.69, 9.17) is 14.2 Å². The zero-order valence-electron chi connectivity index (χ0n) is 11.9. The largest absolute Gasteiger partial charge is 0.493 e. The molecule has 1 amide bonds. The van der Waals surface area contributed by atoms with Crippen LogP contribution in [0.4, 0.5) is 5.13 Å². The quantitative estimate of drug-likeness (QED) is 0.878. The third-order valence-corrected chi connectivity index (χ3v) is 3.41. The Labute approximate surface area is 125 Å². The maximum atomic E-state index is 12.1. The second-order valence-corrected chi connectivity index (χ2v) is 5.02. The molecule has 1 heterocycles. The van der Waals surface area contributed by atoms with Crippen molar-refractivity contribution in [3.05, 3.63) is 28.8 Å². The first-order valence-electron chi connectivity index (χ1n) is 6.02. The van der Waals surface area contributed by atoms with Crippen LogP contribution >= 0.6 is 11.3 Å². The predicted octanol–water partition coefficient (Wildman–Crippen LogP) is 1.95. The van der Waals surface area contributed by atoms with Crippen molar-refractivity contribution in [1.82, 2.24) is 10.2 Å². The van der Waals surface area contributed by atoms with Crippen molar-refractivity contribution < 1.29 is 19.0 Å². The van der Waals surface area contributed by atoms with Crippen LogP contribution in [0, 0.1) is 0 Å². The molecule has 2 aromatic rings. The van der Waals surface area contributed by atoms with Gasteiger partial charge in [-0.3, -0.25) is 10.1 Å². The number of carbonyl (C=O) groups excluding carboxylic acids is 1. The summed E-state index contributed by atoms with van der Waals surface area (Å²) in [6, 6.07) is 4.92. The lowest BCUT2D eigenvalue weighted by Gasteiger charge is -2.08. The van der Waals surface area contributed by atoms with Crippen molar-refractivity contribution in [2.45, 2.75) is 6.61 Å². The SMILES string of the molecule is COCc1nnc(NC(=O)c2ccc(OC)c(OC)c2)s1. The zero-order chi connectivity index (χ0) is 15.2. The van der Waals surface area contributed by atoms with Crippen LogP contribution in [0.2, 0.25) is 0 Å². The smallest absolute Gasteiger partial charge is 0.257 e. The Balaban J connectivity index is 2.12. The first kappa shape index (κ1) is 15.2. The molecule has 0 radical (unpaired) electrons. The van der Waals surface area contributed by atoms with Crippen molar-refractivity contribution in [3.63, 3.8) is 0 Å². The van der Waals surface area contributed by atoms with Gasteiger partial charge in [-0.25, -0.2) is 0 Å². The number of amides is 1. The summed E-state index contributed by atoms with van der Waals surface area (Å²) in [6.07, 6.45) is 0. The van der Waals surface area contributed by atoms with Gasteiger partial charge in [0, 0.05) is 12.7 Å². The van der Waals surface area contributed by atoms with Gasteiger partial charge in [0.25, 0.3) is 5.91 Å². The van der Waals surface area contributed by atoms with Gasteiger partial charge in [-0.05, 0) is 18.2 Å². The van der Waals surface area contributed by atoms with Gasteiger partial charge in [0.15, 0.2) is 11.5 Å². The van der Waals surface area contributed by atoms with Gasteiger partial charge >= 0.3 is 0 Å². The van der Waals surface area contributed by atoms with Crippen LogP contribution in [0.15, 0.2) is 18.2 Å². The van der Waals surface area contributed by atoms with E-state index >= 15 is 0 Å². The number of nitrogens with one attached hydrogen (secondary N) is 1. The van der Waals surface area contributed by atoms with Crippen LogP contribution in [0.5, 0.6) is 11.5 Å². The fourth-order valence-electron chi connectivity index (χ4n) is 1.63. The molecule has 7 nitrogen and oxygen atoms in total. The molecule has 0 aliphatic rings. The summed E-state index contributed by atoms with van der Waals surface area (Å²) in [5.41, 5.74) is 0.441. The number of rotatable bonds is 6. The topological polar surface area (TPSA) is 82.6 Å². The van der Waals surface area contributed by atoms with E-state index in [0.717, 1.165) is 0 Å². The molecule has 0 fully saturated rings. The molecule has 0 saturated heterocycles. The first-order chi connectivity index (χ1) is 10.2. The van der Waals surface area contributed by atoms with Gasteiger partial charge in [-0.2, -0.15) is 0 Å². The van der Waals surface area contributed by atoms with Crippen LogP contribution in [0.1, 0.15) is 15.4 Å². The van der Waals surface area contributed by atoms with Crippen LogP contribution in [-0.2, 0) is 11.3 Å². The Morgan fingerprint density at radius 3 is 2.62 bits per heavy atom. The third-order valence-electron chi connectivity index (χ3n) is 2.60. The van der Waals surface area contributed by atoms with Crippen LogP contribution in [0.25, 0.3) is 0 Å². The van der Waals surface area contributed by atoms with E-state index < -0.39 is 0 Å². The molecule has 0 aliphatic carbocycles. The van der Waals surface area contributed by atoms with Gasteiger partial charge in [0.05, 0.1) is 14.2 Å². The van der Waals surface area contributed by atoms with E-state index in [2.05, 4.69) is 15.5 Å². The maximum absolute atomic E-state index is 12.1. The second-order valence-electron chi connectivity index (χ2n) is 3.96. The van der Waals surface area contributed by atoms with E-state index in [1.54, 1.807) is 25.3 Å². The average Bonchev–Trinajstić information content (AvgIpc) is 2.94. The molecule has 0 aliphatic heterocycles. The minimum atomic E-state index is -0.295. The van der Waals surface area contributed by atoms with Crippen molar-refractivity contribution in [3.8, 4) is 11.5 Å². The van der Waals surface area contributed by atoms with Crippen molar-refractivity contribution in [2.75, 3.05) is 26.6 Å². The number of carbonyl (C=O) groups is 1. The van der Waals surface area contributed by atoms with Crippen molar-refractivity contribution >= 4 is 22.4 Å². The Bertz CT molecular complexity index is 630. The average molecular weight is 309 g/mol. The van der Waals surface area contributed by atoms with Crippen LogP contribution < -0.4 is 14.8 Å². The second kappa shape index (κ2) is 7.00. The van der Waals surface area contributed by atoms with Gasteiger partial charge in [0.1, 0.15) is 11.6 Å². The molecule has 21 heavy (non-hydrogen) atoms. The third kappa shape index (κ3) is 3.67. The molecule has 0 spiro atoms. The molecule has 1 aromatic carbocycles. The number of benzene rings is 1. The number of anilines is 1. The van der Waals surface area contributed by atoms with E-state index in [1.807, 2.05) is 0 Å². The summed E-state index contributed by atoms with van der Waals surface area (Å²) in [6.45, 7) is 0.365. The number of hydrogen-bond donors (Lipinski definition) is 1. The summed E-state index contributed by atoms with van der Waals surface area (Å²) < 4.78 is 15.2. The number of nitrogens with zero attached hydrogens (tertiary/aromatic N) is 2. The molecule has 0 bridgehead atoms. The lowest BCUT2D eigenvalue weighted by atomic mass is 10.2. The Kier molecular flexibility index (Phi) is 5.07. The molecular weight excluding hydrogens is 294 g/mol. The normalized spacial score (nSPS) is 10.2. The lowest BCUT2D eigenvalue weighted by molar-refractivity contribution is 0.102. The Hall–Kier alpha value is -2.19. The molecule has 0 saturated carbocycles. The number of aromatic nitrogens is 2. The fourth-order valence-corrected chi connectivity index (χ4v) is 2.34. The molecule has 1 N–H and O–H groups in total. The van der Waals surface area contributed by atoms with Gasteiger partial charge in [-0.15, -0.1) is 10.2 Å². The highest BCUT2D eigenvalue weighted by Crippen LogP contribution is 2.28. The van der Waals surface area contributed by atoms with Gasteiger partial charge < -0.3 is 14.2 Å². The van der Waals surface area contributed by atoms with E-state index in [9.17, 15) is 4.79 Å². The summed E-state index contributed by atoms with van der Waals surface area (Å²) in [4.78, 5) is 12.1. The van der Waals surface area contributed by atoms with Gasteiger partial charge in [0.2, 0.25) is 5.13 Å². The highest BCUT2D eigenvalue weighted by atomic mass is 32.1. The van der Waals surface area contributed by atoms with Crippen LogP contribution in [-0.4, -0.2) is 37.4 Å². The summed E-state index contributed by atoms with van der Waals surface area (Å²) in [5, 5.41) is 11.6. The van der Waals surface area contributed by atoms with E-state index in [1.165, 1.54) is 25.6 Å². The lowest BCUT2D eigenvalue weighted by Crippen LogP contribution is -2.11. The van der Waals surface area contributed by atoms with E-state index in [0.29, 0.717) is 33.8 Å². The minimum absolute atomic E-state index is 0.295. The molecule has 0 atom stereocenters. The number of hydrogen-bond acceptors (Lipinski definition) is 7. The minimum Gasteiger partial charge on any atom is -0.493 e. The molecule has 8 heteroatoms.